The first-order chi connectivity index (χ1) is 23.9. The van der Waals surface area contributed by atoms with Gasteiger partial charge in [-0.15, -0.1) is 0 Å². The summed E-state index contributed by atoms with van der Waals surface area (Å²) < 4.78 is 84.3. The molecule has 1 atom stereocenters. The summed E-state index contributed by atoms with van der Waals surface area (Å²) in [6.07, 6.45) is -0.704. The van der Waals surface area contributed by atoms with Gasteiger partial charge in [0.1, 0.15) is 27.7 Å². The second kappa shape index (κ2) is 11.4. The number of nitriles is 4. The van der Waals surface area contributed by atoms with Crippen molar-refractivity contribution in [3.8, 4) is 24.5 Å². The van der Waals surface area contributed by atoms with Crippen molar-refractivity contribution >= 4 is 54.8 Å². The van der Waals surface area contributed by atoms with Crippen LogP contribution >= 0.6 is 0 Å². The van der Waals surface area contributed by atoms with Crippen LogP contribution in [0.15, 0.2) is 93.5 Å². The second-order valence-electron chi connectivity index (χ2n) is 11.3. The number of benzene rings is 2. The first kappa shape index (κ1) is 31.7. The van der Waals surface area contributed by atoms with E-state index in [-0.39, 0.29) is 82.7 Å². The molecule has 0 saturated carbocycles. The minimum Gasteiger partial charge on any atom is -0.241 e. The summed E-state index contributed by atoms with van der Waals surface area (Å²) in [6, 6.07) is 12.3. The summed E-state index contributed by atoms with van der Waals surface area (Å²) in [6.45, 7) is 0. The fourth-order valence-corrected chi connectivity index (χ4v) is 6.44. The fraction of sp³-hybridized carbons (Fsp3) is 0.111. The standard InChI is InChI=1S/C36H14F6N8/c37-35(38,39)27-9-17(13-43)1-5-21(27)19-3-7-23-25(11-19)29(47-15-45)33-31(23)49-34-30(48-16-46)26-12-20(4-8-24(26)32(34)50-33)22-6-2-18(14-44)10-28(22)36(40,41)42/h1-5,7-12,27H,6H2. The molecular formula is C36H14F6N8. The maximum atomic E-state index is 14.1. The molecule has 240 valence electrons. The van der Waals surface area contributed by atoms with E-state index in [1.165, 1.54) is 54.6 Å². The van der Waals surface area contributed by atoms with Gasteiger partial charge in [-0.1, -0.05) is 42.5 Å². The molecule has 0 saturated heterocycles. The molecule has 0 spiro atoms. The quantitative estimate of drug-likeness (QED) is 0.155. The molecule has 5 aromatic rings. The van der Waals surface area contributed by atoms with E-state index in [2.05, 4.69) is 9.98 Å². The van der Waals surface area contributed by atoms with Gasteiger partial charge in [-0.05, 0) is 52.3 Å². The van der Waals surface area contributed by atoms with Crippen LogP contribution in [0, 0.1) is 51.5 Å². The topological polar surface area (TPSA) is 146 Å². The Labute approximate surface area is 275 Å². The van der Waals surface area contributed by atoms with Crippen LogP contribution in [0.4, 0.5) is 26.3 Å². The minimum absolute atomic E-state index is 0.0356. The number of rotatable bonds is 0. The predicted molar refractivity (Wildman–Crippen MR) is 168 cm³/mol. The number of aromatic nitrogens is 2. The molecule has 0 radical (unpaired) electrons. The lowest BCUT2D eigenvalue weighted by atomic mass is 9.89. The Morgan fingerprint density at radius 1 is 0.680 bits per heavy atom. The van der Waals surface area contributed by atoms with Crippen LogP contribution in [0.5, 0.6) is 0 Å². The smallest absolute Gasteiger partial charge is 0.241 e. The highest BCUT2D eigenvalue weighted by Gasteiger charge is 2.41. The molecule has 2 aliphatic rings. The third-order valence-corrected chi connectivity index (χ3v) is 8.60. The van der Waals surface area contributed by atoms with Gasteiger partial charge in [0.05, 0.1) is 28.7 Å². The van der Waals surface area contributed by atoms with E-state index < -0.39 is 23.8 Å². The molecular weight excluding hydrogens is 658 g/mol. The first-order valence-electron chi connectivity index (χ1n) is 14.5. The van der Waals surface area contributed by atoms with Crippen LogP contribution in [-0.4, -0.2) is 22.3 Å². The molecule has 50 heavy (non-hydrogen) atoms. The average molecular weight is 673 g/mol. The van der Waals surface area contributed by atoms with Crippen molar-refractivity contribution in [1.82, 2.24) is 9.97 Å². The average Bonchev–Trinajstić information content (AvgIpc) is 3.56. The van der Waals surface area contributed by atoms with Gasteiger partial charge in [0.25, 0.3) is 0 Å². The summed E-state index contributed by atoms with van der Waals surface area (Å²) in [5.74, 6) is -2.06. The molecule has 0 bridgehead atoms. The van der Waals surface area contributed by atoms with Gasteiger partial charge in [-0.2, -0.15) is 57.4 Å². The lowest BCUT2D eigenvalue weighted by Gasteiger charge is -2.21. The van der Waals surface area contributed by atoms with Gasteiger partial charge >= 0.3 is 12.4 Å². The molecule has 0 aliphatic heterocycles. The zero-order valence-corrected chi connectivity index (χ0v) is 25.0. The van der Waals surface area contributed by atoms with Crippen LogP contribution in [0.2, 0.25) is 0 Å². The number of fused-ring (bicyclic) bond motifs is 6. The number of halogens is 6. The number of alkyl halides is 6. The lowest BCUT2D eigenvalue weighted by molar-refractivity contribution is -0.146. The number of allylic oxidation sites excluding steroid dienone is 8. The van der Waals surface area contributed by atoms with Crippen LogP contribution in [0.25, 0.3) is 54.8 Å². The maximum Gasteiger partial charge on any atom is 0.416 e. The van der Waals surface area contributed by atoms with Crippen LogP contribution in [0.3, 0.4) is 0 Å². The van der Waals surface area contributed by atoms with E-state index in [9.17, 15) is 47.4 Å². The minimum atomic E-state index is -4.75. The summed E-state index contributed by atoms with van der Waals surface area (Å²) in [7, 11) is 0. The van der Waals surface area contributed by atoms with E-state index >= 15 is 0 Å². The van der Waals surface area contributed by atoms with Gasteiger partial charge in [0.2, 0.25) is 12.4 Å². The van der Waals surface area contributed by atoms with E-state index in [0.717, 1.165) is 12.2 Å². The lowest BCUT2D eigenvalue weighted by Crippen LogP contribution is -2.27. The van der Waals surface area contributed by atoms with Crippen molar-refractivity contribution in [2.24, 2.45) is 15.9 Å². The largest absolute Gasteiger partial charge is 0.416 e. The third-order valence-electron chi connectivity index (χ3n) is 8.60. The molecule has 8 nitrogen and oxygen atoms in total. The molecule has 4 aromatic carbocycles. The molecule has 1 aromatic heterocycles. The SMILES string of the molecule is N#CN=c1c2cc(=C3CC=C(C#N)C=C3C(F)(F)F)ccc2c2nc3c(=NC#N)c4cc(=C5C=CC(C#N)=CC5C(F)(F)F)ccc4c3nc12. The highest BCUT2D eigenvalue weighted by Crippen LogP contribution is 2.38. The number of nitrogens with zero attached hydrogens (tertiary/aromatic N) is 8. The van der Waals surface area contributed by atoms with Crippen molar-refractivity contribution in [2.45, 2.75) is 18.8 Å². The van der Waals surface area contributed by atoms with E-state index in [0.29, 0.717) is 10.8 Å². The predicted octanol–water partition coefficient (Wildman–Crippen LogP) is 5.57. The molecule has 14 heteroatoms. The molecule has 0 N–H and O–H groups in total. The van der Waals surface area contributed by atoms with Crippen molar-refractivity contribution in [1.29, 1.82) is 21.0 Å². The van der Waals surface area contributed by atoms with E-state index in [1.54, 1.807) is 24.5 Å². The van der Waals surface area contributed by atoms with Crippen LogP contribution < -0.4 is 21.2 Å². The number of hydrogen-bond acceptors (Lipinski definition) is 8. The fourth-order valence-electron chi connectivity index (χ4n) is 6.44. The highest BCUT2D eigenvalue weighted by atomic mass is 19.4. The Bertz CT molecular complexity index is 2780. The Kier molecular flexibility index (Phi) is 7.20. The first-order valence-corrected chi connectivity index (χ1v) is 14.5. The van der Waals surface area contributed by atoms with Gasteiger partial charge in [-0.25, -0.2) is 9.97 Å². The normalized spacial score (nSPS) is 19.6. The molecule has 0 fully saturated rings. The monoisotopic (exact) mass is 672 g/mol. The van der Waals surface area contributed by atoms with Crippen molar-refractivity contribution in [3.63, 3.8) is 0 Å². The Hall–Kier alpha value is -6.90. The molecule has 1 heterocycles. The summed E-state index contributed by atoms with van der Waals surface area (Å²) >= 11 is 0. The summed E-state index contributed by atoms with van der Waals surface area (Å²) in [5, 5.41) is 39.3. The van der Waals surface area contributed by atoms with Crippen molar-refractivity contribution in [2.75, 3.05) is 0 Å². The van der Waals surface area contributed by atoms with Gasteiger partial charge in [0.15, 0.2) is 0 Å². The Morgan fingerprint density at radius 3 is 1.76 bits per heavy atom. The van der Waals surface area contributed by atoms with Gasteiger partial charge in [-0.3, -0.25) is 0 Å². The molecule has 1 unspecified atom stereocenters. The van der Waals surface area contributed by atoms with Gasteiger partial charge in [0, 0.05) is 32.7 Å². The third kappa shape index (κ3) is 4.99. The van der Waals surface area contributed by atoms with E-state index in [1.807, 2.05) is 0 Å². The second-order valence-corrected chi connectivity index (χ2v) is 11.3. The Balaban J connectivity index is 1.54. The molecule has 7 rings (SSSR count). The number of hydrogen-bond donors (Lipinski definition) is 0. The Morgan fingerprint density at radius 2 is 1.24 bits per heavy atom. The highest BCUT2D eigenvalue weighted by molar-refractivity contribution is 6.14. The zero-order valence-electron chi connectivity index (χ0n) is 25.0. The zero-order chi connectivity index (χ0) is 35.5. The van der Waals surface area contributed by atoms with Gasteiger partial charge < -0.3 is 0 Å². The summed E-state index contributed by atoms with van der Waals surface area (Å²) in [4.78, 5) is 17.3. The van der Waals surface area contributed by atoms with Crippen molar-refractivity contribution < 1.29 is 26.3 Å². The van der Waals surface area contributed by atoms with Crippen LogP contribution in [0.1, 0.15) is 6.42 Å². The molecule has 2 aliphatic carbocycles. The molecule has 0 amide bonds. The van der Waals surface area contributed by atoms with Crippen molar-refractivity contribution in [3.05, 3.63) is 105 Å². The van der Waals surface area contributed by atoms with E-state index in [4.69, 9.17) is 9.97 Å². The maximum absolute atomic E-state index is 14.1. The summed E-state index contributed by atoms with van der Waals surface area (Å²) in [5.41, 5.74) is -0.755. The van der Waals surface area contributed by atoms with Crippen LogP contribution in [-0.2, 0) is 0 Å².